The number of nitrogens with zero attached hydrogens (tertiary/aromatic N) is 3. The first-order valence-corrected chi connectivity index (χ1v) is 8.50. The summed E-state index contributed by atoms with van der Waals surface area (Å²) in [6.07, 6.45) is 0. The van der Waals surface area contributed by atoms with Gasteiger partial charge in [0, 0.05) is 16.6 Å². The average molecular weight is 345 g/mol. The van der Waals surface area contributed by atoms with E-state index in [1.54, 1.807) is 0 Å². The van der Waals surface area contributed by atoms with E-state index in [-0.39, 0.29) is 6.61 Å². The number of fused-ring (bicyclic) bond motifs is 1. The standard InChI is InChI=1S/C21H19N3O2/c1-13-7-6-10-19(15(13)3)25-12-20-23-21(24-26-20)17-11-14(2)22-18-9-5-4-8-16(17)18/h4-11H,12H2,1-3H3. The van der Waals surface area contributed by atoms with Gasteiger partial charge >= 0.3 is 0 Å². The summed E-state index contributed by atoms with van der Waals surface area (Å²) in [6.45, 7) is 6.29. The molecular weight excluding hydrogens is 326 g/mol. The number of aryl methyl sites for hydroxylation is 2. The summed E-state index contributed by atoms with van der Waals surface area (Å²) in [5, 5.41) is 5.14. The molecule has 2 aromatic heterocycles. The molecule has 0 fully saturated rings. The van der Waals surface area contributed by atoms with Gasteiger partial charge in [-0.1, -0.05) is 35.5 Å². The van der Waals surface area contributed by atoms with E-state index in [0.717, 1.165) is 33.5 Å². The van der Waals surface area contributed by atoms with Crippen LogP contribution in [0.4, 0.5) is 0 Å². The van der Waals surface area contributed by atoms with Crippen molar-refractivity contribution in [1.29, 1.82) is 0 Å². The zero-order chi connectivity index (χ0) is 18.1. The van der Waals surface area contributed by atoms with Crippen LogP contribution in [-0.4, -0.2) is 15.1 Å². The molecule has 0 bridgehead atoms. The molecule has 0 atom stereocenters. The van der Waals surface area contributed by atoms with E-state index in [4.69, 9.17) is 9.26 Å². The summed E-state index contributed by atoms with van der Waals surface area (Å²) in [7, 11) is 0. The number of rotatable bonds is 4. The first-order valence-electron chi connectivity index (χ1n) is 8.50. The van der Waals surface area contributed by atoms with Crippen molar-refractivity contribution in [1.82, 2.24) is 15.1 Å². The minimum absolute atomic E-state index is 0.235. The molecule has 2 aromatic carbocycles. The third-order valence-electron chi connectivity index (χ3n) is 4.46. The second-order valence-corrected chi connectivity index (χ2v) is 6.33. The third-order valence-corrected chi connectivity index (χ3v) is 4.46. The van der Waals surface area contributed by atoms with Gasteiger partial charge in [0.2, 0.25) is 5.82 Å². The number of pyridine rings is 1. The molecule has 0 amide bonds. The van der Waals surface area contributed by atoms with Gasteiger partial charge in [-0.15, -0.1) is 0 Å². The Morgan fingerprint density at radius 3 is 2.69 bits per heavy atom. The van der Waals surface area contributed by atoms with Gasteiger partial charge in [-0.25, -0.2) is 0 Å². The van der Waals surface area contributed by atoms with E-state index < -0.39 is 0 Å². The van der Waals surface area contributed by atoms with Gasteiger partial charge in [0.1, 0.15) is 5.75 Å². The second kappa shape index (κ2) is 6.59. The Morgan fingerprint density at radius 2 is 1.81 bits per heavy atom. The molecule has 0 aliphatic carbocycles. The fraction of sp³-hybridized carbons (Fsp3) is 0.190. The van der Waals surface area contributed by atoms with Crippen LogP contribution in [0.15, 0.2) is 53.1 Å². The number of para-hydroxylation sites is 1. The van der Waals surface area contributed by atoms with Crippen molar-refractivity contribution in [3.63, 3.8) is 0 Å². The molecule has 4 rings (SSSR count). The Hall–Kier alpha value is -3.21. The molecule has 0 saturated heterocycles. The van der Waals surface area contributed by atoms with E-state index in [0.29, 0.717) is 11.7 Å². The van der Waals surface area contributed by atoms with Crippen LogP contribution < -0.4 is 4.74 Å². The predicted molar refractivity (Wildman–Crippen MR) is 100 cm³/mol. The number of ether oxygens (including phenoxy) is 1. The van der Waals surface area contributed by atoms with Crippen molar-refractivity contribution < 1.29 is 9.26 Å². The smallest absolute Gasteiger partial charge is 0.264 e. The molecule has 5 heteroatoms. The molecule has 5 nitrogen and oxygen atoms in total. The minimum atomic E-state index is 0.235. The highest BCUT2D eigenvalue weighted by Gasteiger charge is 2.14. The van der Waals surface area contributed by atoms with Crippen LogP contribution in [-0.2, 0) is 6.61 Å². The Balaban J connectivity index is 1.62. The lowest BCUT2D eigenvalue weighted by Crippen LogP contribution is -1.98. The molecule has 4 aromatic rings. The molecule has 0 saturated carbocycles. The number of benzene rings is 2. The quantitative estimate of drug-likeness (QED) is 0.532. The van der Waals surface area contributed by atoms with E-state index in [9.17, 15) is 0 Å². The van der Waals surface area contributed by atoms with Gasteiger partial charge < -0.3 is 9.26 Å². The third kappa shape index (κ3) is 3.04. The summed E-state index contributed by atoms with van der Waals surface area (Å²) in [4.78, 5) is 9.06. The van der Waals surface area contributed by atoms with E-state index >= 15 is 0 Å². The molecule has 0 spiro atoms. The van der Waals surface area contributed by atoms with Crippen LogP contribution in [0, 0.1) is 20.8 Å². The van der Waals surface area contributed by atoms with Crippen molar-refractivity contribution in [3.05, 3.63) is 71.2 Å². The van der Waals surface area contributed by atoms with Crippen LogP contribution in [0.5, 0.6) is 5.75 Å². The Kier molecular flexibility index (Phi) is 4.13. The van der Waals surface area contributed by atoms with E-state index in [2.05, 4.69) is 28.1 Å². The Morgan fingerprint density at radius 1 is 0.962 bits per heavy atom. The molecule has 2 heterocycles. The molecule has 0 aliphatic rings. The summed E-state index contributed by atoms with van der Waals surface area (Å²) >= 11 is 0. The normalized spacial score (nSPS) is 11.0. The first kappa shape index (κ1) is 16.3. The average Bonchev–Trinajstić information content (AvgIpc) is 3.11. The van der Waals surface area contributed by atoms with Crippen LogP contribution in [0.2, 0.25) is 0 Å². The summed E-state index contributed by atoms with van der Waals surface area (Å²) in [5.74, 6) is 1.82. The van der Waals surface area contributed by atoms with Crippen molar-refractivity contribution in [2.45, 2.75) is 27.4 Å². The number of aromatic nitrogens is 3. The van der Waals surface area contributed by atoms with E-state index in [1.165, 1.54) is 5.56 Å². The zero-order valence-corrected chi connectivity index (χ0v) is 15.0. The molecule has 0 N–H and O–H groups in total. The highest BCUT2D eigenvalue weighted by atomic mass is 16.5. The number of hydrogen-bond acceptors (Lipinski definition) is 5. The Labute approximate surface area is 151 Å². The largest absolute Gasteiger partial charge is 0.483 e. The van der Waals surface area contributed by atoms with Crippen LogP contribution >= 0.6 is 0 Å². The molecule has 0 unspecified atom stereocenters. The van der Waals surface area contributed by atoms with Crippen molar-refractivity contribution in [3.8, 4) is 17.1 Å². The maximum absolute atomic E-state index is 5.86. The van der Waals surface area contributed by atoms with Crippen molar-refractivity contribution >= 4 is 10.9 Å². The van der Waals surface area contributed by atoms with Gasteiger partial charge in [0.05, 0.1) is 5.52 Å². The topological polar surface area (TPSA) is 61.0 Å². The molecule has 26 heavy (non-hydrogen) atoms. The van der Waals surface area contributed by atoms with Gasteiger partial charge in [-0.2, -0.15) is 4.98 Å². The SMILES string of the molecule is Cc1cc(-c2noc(COc3cccc(C)c3C)n2)c2ccccc2n1. The molecule has 0 aliphatic heterocycles. The lowest BCUT2D eigenvalue weighted by atomic mass is 10.1. The molecule has 0 radical (unpaired) electrons. The maximum atomic E-state index is 5.86. The summed E-state index contributed by atoms with van der Waals surface area (Å²) in [6, 6.07) is 15.9. The monoisotopic (exact) mass is 345 g/mol. The number of hydrogen-bond donors (Lipinski definition) is 0. The molecular formula is C21H19N3O2. The fourth-order valence-electron chi connectivity index (χ4n) is 2.94. The maximum Gasteiger partial charge on any atom is 0.264 e. The van der Waals surface area contributed by atoms with Crippen LogP contribution in [0.1, 0.15) is 22.7 Å². The first-order chi connectivity index (χ1) is 12.6. The van der Waals surface area contributed by atoms with Crippen LogP contribution in [0.25, 0.3) is 22.3 Å². The highest BCUT2D eigenvalue weighted by Crippen LogP contribution is 2.27. The predicted octanol–water partition coefficient (Wildman–Crippen LogP) is 4.79. The lowest BCUT2D eigenvalue weighted by molar-refractivity contribution is 0.241. The van der Waals surface area contributed by atoms with Crippen molar-refractivity contribution in [2.24, 2.45) is 0 Å². The minimum Gasteiger partial charge on any atom is -0.483 e. The zero-order valence-electron chi connectivity index (χ0n) is 15.0. The summed E-state index contributed by atoms with van der Waals surface area (Å²) in [5.41, 5.74) is 5.04. The van der Waals surface area contributed by atoms with E-state index in [1.807, 2.05) is 56.3 Å². The highest BCUT2D eigenvalue weighted by molar-refractivity contribution is 5.92. The summed E-state index contributed by atoms with van der Waals surface area (Å²) < 4.78 is 11.2. The van der Waals surface area contributed by atoms with Gasteiger partial charge in [-0.05, 0) is 50.1 Å². The van der Waals surface area contributed by atoms with Gasteiger partial charge in [-0.3, -0.25) is 4.98 Å². The van der Waals surface area contributed by atoms with Gasteiger partial charge in [0.25, 0.3) is 5.89 Å². The van der Waals surface area contributed by atoms with Crippen molar-refractivity contribution in [2.75, 3.05) is 0 Å². The molecule has 130 valence electrons. The second-order valence-electron chi connectivity index (χ2n) is 6.33. The lowest BCUT2D eigenvalue weighted by Gasteiger charge is -2.08. The fourth-order valence-corrected chi connectivity index (χ4v) is 2.94. The Bertz CT molecular complexity index is 1090. The van der Waals surface area contributed by atoms with Crippen LogP contribution in [0.3, 0.4) is 0 Å². The van der Waals surface area contributed by atoms with Gasteiger partial charge in [0.15, 0.2) is 6.61 Å².